The zero-order valence-corrected chi connectivity index (χ0v) is 10.8. The lowest BCUT2D eigenvalue weighted by Crippen LogP contribution is -2.21. The maximum atomic E-state index is 12.2. The van der Waals surface area contributed by atoms with Crippen molar-refractivity contribution in [1.29, 1.82) is 5.26 Å². The van der Waals surface area contributed by atoms with E-state index in [-0.39, 0.29) is 11.7 Å². The average Bonchev–Trinajstić information content (AvgIpc) is 2.83. The molecule has 2 rings (SSSR count). The van der Waals surface area contributed by atoms with Gasteiger partial charge in [-0.3, -0.25) is 4.79 Å². The Balaban J connectivity index is 2.21. The van der Waals surface area contributed by atoms with Crippen LogP contribution in [0.3, 0.4) is 0 Å². The number of ketones is 1. The fourth-order valence-corrected chi connectivity index (χ4v) is 2.40. The van der Waals surface area contributed by atoms with Crippen LogP contribution in [-0.4, -0.2) is 19.0 Å². The lowest BCUT2D eigenvalue weighted by atomic mass is 9.88. The number of rotatable bonds is 3. The van der Waals surface area contributed by atoms with Gasteiger partial charge in [0, 0.05) is 17.0 Å². The molecule has 3 nitrogen and oxygen atoms in total. The second kappa shape index (κ2) is 5.44. The zero-order valence-electron chi connectivity index (χ0n) is 9.23. The van der Waals surface area contributed by atoms with Crippen LogP contribution in [0.25, 0.3) is 0 Å². The van der Waals surface area contributed by atoms with Crippen LogP contribution in [0, 0.1) is 17.2 Å². The molecule has 88 valence electrons. The monoisotopic (exact) mass is 293 g/mol. The predicted octanol–water partition coefficient (Wildman–Crippen LogP) is 2.66. The number of nitrogens with zero attached hydrogens (tertiary/aromatic N) is 1. The highest BCUT2D eigenvalue weighted by molar-refractivity contribution is 9.10. The van der Waals surface area contributed by atoms with Gasteiger partial charge in [0.15, 0.2) is 5.78 Å². The van der Waals surface area contributed by atoms with Crippen LogP contribution >= 0.6 is 15.9 Å². The molecule has 1 fully saturated rings. The van der Waals surface area contributed by atoms with E-state index in [4.69, 9.17) is 4.74 Å². The molecular formula is C13H12BrNO2. The number of Topliss-reactive ketones (excluding diaryl/α,β-unsaturated/α-hetero) is 1. The van der Waals surface area contributed by atoms with Crippen molar-refractivity contribution >= 4 is 21.7 Å². The second-order valence-corrected chi connectivity index (χ2v) is 5.00. The molecular weight excluding hydrogens is 282 g/mol. The van der Waals surface area contributed by atoms with Gasteiger partial charge in [-0.25, -0.2) is 0 Å². The Kier molecular flexibility index (Phi) is 3.93. The Bertz CT molecular complexity index is 461. The molecule has 0 aromatic heterocycles. The van der Waals surface area contributed by atoms with E-state index in [0.29, 0.717) is 13.2 Å². The zero-order chi connectivity index (χ0) is 12.3. The van der Waals surface area contributed by atoms with Crippen LogP contribution < -0.4 is 0 Å². The van der Waals surface area contributed by atoms with Crippen molar-refractivity contribution < 1.29 is 9.53 Å². The molecule has 17 heavy (non-hydrogen) atoms. The standard InChI is InChI=1S/C13H12BrNO2/c14-11-3-1-2-9(6-11)12(7-15)13(16)10-4-5-17-8-10/h1-3,6,10,12H,4-5,8H2. The average molecular weight is 294 g/mol. The van der Waals surface area contributed by atoms with Gasteiger partial charge in [0.25, 0.3) is 0 Å². The van der Waals surface area contributed by atoms with Crippen LogP contribution in [0.15, 0.2) is 28.7 Å². The summed E-state index contributed by atoms with van der Waals surface area (Å²) in [7, 11) is 0. The normalized spacial score (nSPS) is 20.8. The first kappa shape index (κ1) is 12.3. The topological polar surface area (TPSA) is 50.1 Å². The first-order chi connectivity index (χ1) is 8.22. The highest BCUT2D eigenvalue weighted by Crippen LogP contribution is 2.26. The van der Waals surface area contributed by atoms with E-state index in [1.165, 1.54) is 0 Å². The molecule has 1 aromatic carbocycles. The molecule has 0 N–H and O–H groups in total. The van der Waals surface area contributed by atoms with E-state index in [0.717, 1.165) is 16.5 Å². The van der Waals surface area contributed by atoms with Gasteiger partial charge in [0.05, 0.1) is 12.7 Å². The summed E-state index contributed by atoms with van der Waals surface area (Å²) in [6.07, 6.45) is 0.727. The minimum Gasteiger partial charge on any atom is -0.381 e. The van der Waals surface area contributed by atoms with E-state index in [2.05, 4.69) is 22.0 Å². The number of ether oxygens (including phenoxy) is 1. The quantitative estimate of drug-likeness (QED) is 0.861. The number of hydrogen-bond acceptors (Lipinski definition) is 3. The third-order valence-electron chi connectivity index (χ3n) is 2.93. The fourth-order valence-electron chi connectivity index (χ4n) is 1.98. The minimum absolute atomic E-state index is 0.0249. The Morgan fingerprint density at radius 3 is 3.00 bits per heavy atom. The number of nitriles is 1. The summed E-state index contributed by atoms with van der Waals surface area (Å²) in [4.78, 5) is 12.2. The molecule has 2 unspecified atom stereocenters. The van der Waals surface area contributed by atoms with Crippen molar-refractivity contribution in [2.24, 2.45) is 5.92 Å². The Morgan fingerprint density at radius 1 is 1.59 bits per heavy atom. The summed E-state index contributed by atoms with van der Waals surface area (Å²) in [6.45, 7) is 1.07. The maximum absolute atomic E-state index is 12.2. The first-order valence-corrected chi connectivity index (χ1v) is 6.28. The van der Waals surface area contributed by atoms with Crippen LogP contribution in [0.2, 0.25) is 0 Å². The van der Waals surface area contributed by atoms with Gasteiger partial charge >= 0.3 is 0 Å². The Labute approximate surface area is 109 Å². The molecule has 4 heteroatoms. The first-order valence-electron chi connectivity index (χ1n) is 5.49. The molecule has 1 aliphatic rings. The van der Waals surface area contributed by atoms with Crippen LogP contribution in [0.5, 0.6) is 0 Å². The van der Waals surface area contributed by atoms with Gasteiger partial charge in [-0.2, -0.15) is 5.26 Å². The van der Waals surface area contributed by atoms with Crippen molar-refractivity contribution in [2.45, 2.75) is 12.3 Å². The van der Waals surface area contributed by atoms with Gasteiger partial charge in [0.1, 0.15) is 5.92 Å². The lowest BCUT2D eigenvalue weighted by molar-refractivity contribution is -0.123. The molecule has 0 saturated carbocycles. The molecule has 1 aliphatic heterocycles. The van der Waals surface area contributed by atoms with E-state index in [1.54, 1.807) is 0 Å². The van der Waals surface area contributed by atoms with Gasteiger partial charge in [-0.15, -0.1) is 0 Å². The lowest BCUT2D eigenvalue weighted by Gasteiger charge is -2.12. The molecule has 0 spiro atoms. The third-order valence-corrected chi connectivity index (χ3v) is 3.42. The summed E-state index contributed by atoms with van der Waals surface area (Å²) in [5.74, 6) is -0.832. The summed E-state index contributed by atoms with van der Waals surface area (Å²) >= 11 is 3.35. The van der Waals surface area contributed by atoms with Gasteiger partial charge in [0.2, 0.25) is 0 Å². The molecule has 1 aromatic rings. The smallest absolute Gasteiger partial charge is 0.159 e. The summed E-state index contributed by atoms with van der Waals surface area (Å²) in [5.41, 5.74) is 0.749. The Hall–Kier alpha value is -1.18. The van der Waals surface area contributed by atoms with Gasteiger partial charge < -0.3 is 4.74 Å². The van der Waals surface area contributed by atoms with E-state index in [1.807, 2.05) is 24.3 Å². The highest BCUT2D eigenvalue weighted by atomic mass is 79.9. The van der Waals surface area contributed by atoms with Crippen molar-refractivity contribution in [3.63, 3.8) is 0 Å². The van der Waals surface area contributed by atoms with Gasteiger partial charge in [-0.1, -0.05) is 28.1 Å². The van der Waals surface area contributed by atoms with Crippen molar-refractivity contribution in [3.05, 3.63) is 34.3 Å². The molecule has 0 amide bonds. The van der Waals surface area contributed by atoms with Crippen molar-refractivity contribution in [2.75, 3.05) is 13.2 Å². The second-order valence-electron chi connectivity index (χ2n) is 4.08. The molecule has 1 heterocycles. The molecule has 0 radical (unpaired) electrons. The number of carbonyl (C=O) groups is 1. The summed E-state index contributed by atoms with van der Waals surface area (Å²) in [5, 5.41) is 9.17. The summed E-state index contributed by atoms with van der Waals surface area (Å²) < 4.78 is 6.07. The highest BCUT2D eigenvalue weighted by Gasteiger charge is 2.30. The van der Waals surface area contributed by atoms with Crippen molar-refractivity contribution in [3.8, 4) is 6.07 Å². The molecule has 2 atom stereocenters. The largest absolute Gasteiger partial charge is 0.381 e. The molecule has 0 bridgehead atoms. The van der Waals surface area contributed by atoms with Crippen LogP contribution in [-0.2, 0) is 9.53 Å². The predicted molar refractivity (Wildman–Crippen MR) is 66.4 cm³/mol. The summed E-state index contributed by atoms with van der Waals surface area (Å²) in [6, 6.07) is 9.44. The number of benzene rings is 1. The third kappa shape index (κ3) is 2.74. The number of halogens is 1. The number of carbonyl (C=O) groups excluding carboxylic acids is 1. The van der Waals surface area contributed by atoms with E-state index >= 15 is 0 Å². The SMILES string of the molecule is N#CC(C(=O)C1CCOC1)c1cccc(Br)c1. The fraction of sp³-hybridized carbons (Fsp3) is 0.385. The van der Waals surface area contributed by atoms with Gasteiger partial charge in [-0.05, 0) is 24.1 Å². The molecule has 1 saturated heterocycles. The van der Waals surface area contributed by atoms with Crippen molar-refractivity contribution in [1.82, 2.24) is 0 Å². The Morgan fingerprint density at radius 2 is 2.41 bits per heavy atom. The maximum Gasteiger partial charge on any atom is 0.159 e. The van der Waals surface area contributed by atoms with E-state index < -0.39 is 5.92 Å². The van der Waals surface area contributed by atoms with Crippen LogP contribution in [0.1, 0.15) is 17.9 Å². The number of hydrogen-bond donors (Lipinski definition) is 0. The van der Waals surface area contributed by atoms with Crippen LogP contribution in [0.4, 0.5) is 0 Å². The minimum atomic E-state index is -0.681. The molecule has 0 aliphatic carbocycles. The van der Waals surface area contributed by atoms with E-state index in [9.17, 15) is 10.1 Å².